The van der Waals surface area contributed by atoms with E-state index >= 15 is 8.78 Å². The maximum absolute atomic E-state index is 15.1. The van der Waals surface area contributed by atoms with Crippen LogP contribution in [0.5, 0.6) is 0 Å². The van der Waals surface area contributed by atoms with Crippen molar-refractivity contribution in [2.24, 2.45) is 0 Å². The van der Waals surface area contributed by atoms with Crippen molar-refractivity contribution in [3.8, 4) is 23.5 Å². The number of para-hydroxylation sites is 3. The molecule has 9 heteroatoms. The quantitative estimate of drug-likeness (QED) is 0.198. The molecule has 5 aromatic carbocycles. The number of benzene rings is 5. The molecule has 42 heavy (non-hydrogen) atoms. The van der Waals surface area contributed by atoms with Crippen molar-refractivity contribution < 1.29 is 22.0 Å². The highest BCUT2D eigenvalue weighted by molar-refractivity contribution is 6.29. The Balaban J connectivity index is 1.73. The van der Waals surface area contributed by atoms with Crippen molar-refractivity contribution in [3.05, 3.63) is 119 Å². The van der Waals surface area contributed by atoms with Crippen molar-refractivity contribution in [1.82, 2.24) is 9.13 Å². The minimum Gasteiger partial charge on any atom is -0.307 e. The van der Waals surface area contributed by atoms with Crippen molar-refractivity contribution in [2.45, 2.75) is 6.18 Å². The molecule has 0 atom stereocenters. The van der Waals surface area contributed by atoms with E-state index in [1.165, 1.54) is 15.2 Å². The molecule has 2 aromatic heterocycles. The van der Waals surface area contributed by atoms with Crippen LogP contribution in [0.4, 0.5) is 22.0 Å². The smallest absolute Gasteiger partial charge is 0.307 e. The number of hydrogen-bond acceptors (Lipinski definition) is 2. The second-order valence-electron chi connectivity index (χ2n) is 9.77. The molecular weight excluding hydrogens is 547 g/mol. The van der Waals surface area contributed by atoms with Gasteiger partial charge in [0.1, 0.15) is 23.4 Å². The third-order valence-electron chi connectivity index (χ3n) is 7.52. The molecule has 0 radical (unpaired) electrons. The number of rotatable bonds is 2. The van der Waals surface area contributed by atoms with Gasteiger partial charge in [0, 0.05) is 21.5 Å². The molecule has 7 aromatic rings. The Morgan fingerprint density at radius 2 is 1.10 bits per heavy atom. The first-order valence-electron chi connectivity index (χ1n) is 12.7. The summed E-state index contributed by atoms with van der Waals surface area (Å²) in [4.78, 5) is 0. The number of hydrogen-bond donors (Lipinski definition) is 0. The van der Waals surface area contributed by atoms with Gasteiger partial charge in [-0.3, -0.25) is 0 Å². The lowest BCUT2D eigenvalue weighted by atomic mass is 10.0. The van der Waals surface area contributed by atoms with E-state index in [0.29, 0.717) is 43.6 Å². The fourth-order valence-corrected chi connectivity index (χ4v) is 5.94. The molecule has 0 N–H and O–H groups in total. The second kappa shape index (κ2) is 8.92. The zero-order valence-corrected chi connectivity index (χ0v) is 21.3. The van der Waals surface area contributed by atoms with Gasteiger partial charge in [-0.15, -0.1) is 0 Å². The Kier molecular flexibility index (Phi) is 5.37. The second-order valence-corrected chi connectivity index (χ2v) is 9.77. The molecular formula is C33H15F5N4. The molecule has 0 amide bonds. The van der Waals surface area contributed by atoms with Crippen LogP contribution in [-0.4, -0.2) is 9.13 Å². The normalized spacial score (nSPS) is 11.9. The maximum atomic E-state index is 15.1. The largest absolute Gasteiger partial charge is 0.418 e. The summed E-state index contributed by atoms with van der Waals surface area (Å²) < 4.78 is 76.6. The Bertz CT molecular complexity index is 2330. The van der Waals surface area contributed by atoms with E-state index in [-0.39, 0.29) is 16.8 Å². The molecule has 0 spiro atoms. The van der Waals surface area contributed by atoms with Gasteiger partial charge in [0.2, 0.25) is 0 Å². The van der Waals surface area contributed by atoms with Gasteiger partial charge < -0.3 is 9.13 Å². The van der Waals surface area contributed by atoms with Gasteiger partial charge in [-0.05, 0) is 48.5 Å². The number of fused-ring (bicyclic) bond motifs is 7. The molecule has 7 rings (SSSR count). The summed E-state index contributed by atoms with van der Waals surface area (Å²) >= 11 is 0. The van der Waals surface area contributed by atoms with Gasteiger partial charge >= 0.3 is 6.18 Å². The molecule has 0 aliphatic carbocycles. The van der Waals surface area contributed by atoms with Gasteiger partial charge in [-0.25, -0.2) is 8.78 Å². The summed E-state index contributed by atoms with van der Waals surface area (Å²) in [7, 11) is 0. The molecule has 0 aliphatic rings. The van der Waals surface area contributed by atoms with E-state index in [0.717, 1.165) is 24.3 Å². The van der Waals surface area contributed by atoms with Crippen LogP contribution >= 0.6 is 0 Å². The fraction of sp³-hybridized carbons (Fsp3) is 0.0303. The average molecular weight is 563 g/mol. The van der Waals surface area contributed by atoms with Crippen LogP contribution in [0.15, 0.2) is 91.0 Å². The highest BCUT2D eigenvalue weighted by atomic mass is 19.4. The van der Waals surface area contributed by atoms with Crippen molar-refractivity contribution in [3.63, 3.8) is 0 Å². The number of nitrogens with zero attached hydrogens (tertiary/aromatic N) is 4. The van der Waals surface area contributed by atoms with Crippen molar-refractivity contribution in [1.29, 1.82) is 10.5 Å². The van der Waals surface area contributed by atoms with Gasteiger partial charge in [-0.1, -0.05) is 42.5 Å². The highest BCUT2D eigenvalue weighted by Gasteiger charge is 2.37. The van der Waals surface area contributed by atoms with Crippen LogP contribution in [0.25, 0.3) is 55.0 Å². The number of nitriles is 2. The lowest BCUT2D eigenvalue weighted by Crippen LogP contribution is -2.13. The summed E-state index contributed by atoms with van der Waals surface area (Å²) in [5, 5.41) is 21.7. The minimum absolute atomic E-state index is 0.273. The third kappa shape index (κ3) is 3.44. The summed E-state index contributed by atoms with van der Waals surface area (Å²) in [5.74, 6) is -1.54. The monoisotopic (exact) mass is 562 g/mol. The van der Waals surface area contributed by atoms with Gasteiger partial charge in [0.05, 0.1) is 50.5 Å². The number of alkyl halides is 3. The molecule has 0 fully saturated rings. The van der Waals surface area contributed by atoms with Crippen molar-refractivity contribution >= 4 is 43.6 Å². The summed E-state index contributed by atoms with van der Waals surface area (Å²) in [6.07, 6.45) is -4.88. The first-order valence-corrected chi connectivity index (χ1v) is 12.7. The van der Waals surface area contributed by atoms with Crippen molar-refractivity contribution in [2.75, 3.05) is 0 Å². The van der Waals surface area contributed by atoms with E-state index < -0.39 is 29.1 Å². The number of halogens is 5. The average Bonchev–Trinajstić information content (AvgIpc) is 3.49. The molecule has 0 saturated heterocycles. The van der Waals surface area contributed by atoms with Crippen LogP contribution in [0, 0.1) is 34.3 Å². The standard InChI is InChI=1S/C33H15F5N4/c34-23-8-5-9-24(35)32(23)42-26-11-4-2-7-21(26)30-28(42)13-12-27-29(30)20-6-1-3-10-25(20)41(27)31-19(17-40)14-18(16-39)15-22(31)33(36,37)38/h1-15H. The number of aromatic nitrogens is 2. The lowest BCUT2D eigenvalue weighted by Gasteiger charge is -2.18. The summed E-state index contributed by atoms with van der Waals surface area (Å²) in [6, 6.07) is 26.1. The Labute approximate surface area is 234 Å². The minimum atomic E-state index is -4.88. The summed E-state index contributed by atoms with van der Waals surface area (Å²) in [5.41, 5.74) is -0.714. The van der Waals surface area contributed by atoms with Crippen LogP contribution in [0.3, 0.4) is 0 Å². The van der Waals surface area contributed by atoms with E-state index in [2.05, 4.69) is 0 Å². The molecule has 0 aliphatic heterocycles. The Morgan fingerprint density at radius 1 is 0.571 bits per heavy atom. The third-order valence-corrected chi connectivity index (χ3v) is 7.52. The molecule has 2 heterocycles. The highest BCUT2D eigenvalue weighted by Crippen LogP contribution is 2.45. The topological polar surface area (TPSA) is 57.4 Å². The van der Waals surface area contributed by atoms with Gasteiger partial charge in [-0.2, -0.15) is 23.7 Å². The lowest BCUT2D eigenvalue weighted by molar-refractivity contribution is -0.137. The zero-order chi connectivity index (χ0) is 29.3. The molecule has 4 nitrogen and oxygen atoms in total. The predicted octanol–water partition coefficient (Wildman–Crippen LogP) is 8.92. The zero-order valence-electron chi connectivity index (χ0n) is 21.3. The first kappa shape index (κ1) is 25.3. The van der Waals surface area contributed by atoms with Crippen LogP contribution in [0.2, 0.25) is 0 Å². The van der Waals surface area contributed by atoms with Crippen LogP contribution in [0.1, 0.15) is 16.7 Å². The van der Waals surface area contributed by atoms with Gasteiger partial charge in [0.15, 0.2) is 0 Å². The predicted molar refractivity (Wildman–Crippen MR) is 149 cm³/mol. The first-order chi connectivity index (χ1) is 20.2. The van der Waals surface area contributed by atoms with E-state index in [1.54, 1.807) is 66.7 Å². The van der Waals surface area contributed by atoms with Gasteiger partial charge in [0.25, 0.3) is 0 Å². The van der Waals surface area contributed by atoms with E-state index in [4.69, 9.17) is 0 Å². The molecule has 0 unspecified atom stereocenters. The molecule has 0 saturated carbocycles. The molecule has 202 valence electrons. The fourth-order valence-electron chi connectivity index (χ4n) is 5.94. The maximum Gasteiger partial charge on any atom is 0.418 e. The summed E-state index contributed by atoms with van der Waals surface area (Å²) in [6.45, 7) is 0. The Hall–Kier alpha value is -5.67. The van der Waals surface area contributed by atoms with Crippen LogP contribution < -0.4 is 0 Å². The van der Waals surface area contributed by atoms with Crippen LogP contribution in [-0.2, 0) is 6.18 Å². The van der Waals surface area contributed by atoms with E-state index in [9.17, 15) is 23.7 Å². The SMILES string of the molecule is N#Cc1cc(C#N)c(-n2c3ccccc3c3c4c5ccccc5n(-c5c(F)cccc5F)c4ccc32)c(C(F)(F)F)c1. The Morgan fingerprint density at radius 3 is 1.60 bits per heavy atom. The molecule has 0 bridgehead atoms. The van der Waals surface area contributed by atoms with E-state index in [1.807, 2.05) is 6.07 Å².